The second-order valence-electron chi connectivity index (χ2n) is 4.11. The van der Waals surface area contributed by atoms with Gasteiger partial charge in [0.15, 0.2) is 6.10 Å². The number of halogens is 1. The molecule has 0 aliphatic carbocycles. The molecule has 0 aliphatic heterocycles. The summed E-state index contributed by atoms with van der Waals surface area (Å²) in [6.07, 6.45) is 0.577. The number of ether oxygens (including phenoxy) is 2. The molecule has 1 rings (SSSR count). The zero-order valence-electron chi connectivity index (χ0n) is 12.5. The molecule has 0 spiro atoms. The Bertz CT molecular complexity index is 422. The number of aliphatic carboxylic acids is 1. The van der Waals surface area contributed by atoms with Gasteiger partial charge in [-0.15, -0.1) is 0 Å². The monoisotopic (exact) mass is 316 g/mol. The Kier molecular flexibility index (Phi) is 10.1. The highest BCUT2D eigenvalue weighted by atomic mass is 35.5. The van der Waals surface area contributed by atoms with E-state index in [-0.39, 0.29) is 5.97 Å². The Labute approximate surface area is 129 Å². The van der Waals surface area contributed by atoms with E-state index in [4.69, 9.17) is 21.4 Å². The normalized spacial score (nSPS) is 10.9. The van der Waals surface area contributed by atoms with Crippen molar-refractivity contribution in [2.75, 3.05) is 6.61 Å². The lowest BCUT2D eigenvalue weighted by molar-refractivity contribution is -0.144. The topological polar surface area (TPSA) is 72.8 Å². The van der Waals surface area contributed by atoms with Gasteiger partial charge in [0.25, 0.3) is 0 Å². The Balaban J connectivity index is 0.000000433. The van der Waals surface area contributed by atoms with Gasteiger partial charge in [-0.25, -0.2) is 4.79 Å². The molecule has 0 bridgehead atoms. The summed E-state index contributed by atoms with van der Waals surface area (Å²) in [5.74, 6) is -0.579. The zero-order chi connectivity index (χ0) is 16.3. The van der Waals surface area contributed by atoms with Crippen molar-refractivity contribution in [1.29, 1.82) is 0 Å². The van der Waals surface area contributed by atoms with Crippen molar-refractivity contribution in [1.82, 2.24) is 0 Å². The molecule has 0 aliphatic rings. The predicted molar refractivity (Wildman–Crippen MR) is 80.7 cm³/mol. The number of benzene rings is 1. The molecular formula is C15H21ClO5. The molecule has 5 nitrogen and oxygen atoms in total. The van der Waals surface area contributed by atoms with Gasteiger partial charge < -0.3 is 14.6 Å². The number of carbonyl (C=O) groups excluding carboxylic acids is 1. The van der Waals surface area contributed by atoms with Crippen LogP contribution in [0, 0.1) is 0 Å². The van der Waals surface area contributed by atoms with Crippen LogP contribution in [0.1, 0.15) is 33.6 Å². The molecule has 21 heavy (non-hydrogen) atoms. The number of rotatable bonds is 6. The molecule has 0 heterocycles. The standard InChI is InChI=1S/C9H9ClO3.C6H12O2/c1-6(9(11)12)13-8-4-2-7(10)3-5-8;1-3-5-6(7)8-4-2/h2-6H,1H3,(H,11,12);3-5H2,1-2H3. The minimum atomic E-state index is -0.991. The first-order valence-electron chi connectivity index (χ1n) is 6.71. The van der Waals surface area contributed by atoms with Crippen LogP contribution in [0.15, 0.2) is 24.3 Å². The molecule has 0 saturated heterocycles. The molecular weight excluding hydrogens is 296 g/mol. The van der Waals surface area contributed by atoms with E-state index in [0.717, 1.165) is 6.42 Å². The van der Waals surface area contributed by atoms with Crippen molar-refractivity contribution in [3.63, 3.8) is 0 Å². The summed E-state index contributed by atoms with van der Waals surface area (Å²) in [4.78, 5) is 20.8. The number of carboxylic acids is 1. The van der Waals surface area contributed by atoms with Crippen molar-refractivity contribution in [3.8, 4) is 5.75 Å². The van der Waals surface area contributed by atoms with Gasteiger partial charge in [-0.1, -0.05) is 18.5 Å². The first-order chi connectivity index (χ1) is 9.90. The summed E-state index contributed by atoms with van der Waals surface area (Å²) in [6.45, 7) is 5.74. The molecule has 1 N–H and O–H groups in total. The second kappa shape index (κ2) is 11.0. The second-order valence-corrected chi connectivity index (χ2v) is 4.54. The van der Waals surface area contributed by atoms with E-state index in [2.05, 4.69) is 4.74 Å². The van der Waals surface area contributed by atoms with Gasteiger partial charge in [0, 0.05) is 11.4 Å². The van der Waals surface area contributed by atoms with Crippen molar-refractivity contribution >= 4 is 23.5 Å². The third-order valence-corrected chi connectivity index (χ3v) is 2.49. The van der Waals surface area contributed by atoms with Gasteiger partial charge in [-0.05, 0) is 44.5 Å². The quantitative estimate of drug-likeness (QED) is 0.813. The van der Waals surface area contributed by atoms with E-state index in [0.29, 0.717) is 23.8 Å². The van der Waals surface area contributed by atoms with Crippen LogP contribution in [0.4, 0.5) is 0 Å². The summed E-state index contributed by atoms with van der Waals surface area (Å²) in [5.41, 5.74) is 0. The van der Waals surface area contributed by atoms with Crippen molar-refractivity contribution in [2.24, 2.45) is 0 Å². The Morgan fingerprint density at radius 2 is 1.81 bits per heavy atom. The van der Waals surface area contributed by atoms with Crippen LogP contribution >= 0.6 is 11.6 Å². The maximum atomic E-state index is 10.4. The minimum Gasteiger partial charge on any atom is -0.479 e. The number of hydrogen-bond acceptors (Lipinski definition) is 4. The number of hydrogen-bond donors (Lipinski definition) is 1. The summed E-state index contributed by atoms with van der Waals surface area (Å²) >= 11 is 5.64. The molecule has 0 fully saturated rings. The average Bonchev–Trinajstić information content (AvgIpc) is 2.42. The minimum absolute atomic E-state index is 0.0880. The fraction of sp³-hybridized carbons (Fsp3) is 0.467. The zero-order valence-corrected chi connectivity index (χ0v) is 13.2. The van der Waals surface area contributed by atoms with Crippen LogP contribution in [0.5, 0.6) is 5.75 Å². The molecule has 1 atom stereocenters. The van der Waals surface area contributed by atoms with E-state index in [1.54, 1.807) is 24.3 Å². The SMILES string of the molecule is CC(Oc1ccc(Cl)cc1)C(=O)O.CCCC(=O)OCC. The first-order valence-corrected chi connectivity index (χ1v) is 7.09. The van der Waals surface area contributed by atoms with Gasteiger partial charge in [-0.2, -0.15) is 0 Å². The van der Waals surface area contributed by atoms with Crippen molar-refractivity contribution in [3.05, 3.63) is 29.3 Å². The maximum Gasteiger partial charge on any atom is 0.344 e. The van der Waals surface area contributed by atoms with Crippen molar-refractivity contribution < 1.29 is 24.2 Å². The van der Waals surface area contributed by atoms with E-state index >= 15 is 0 Å². The van der Waals surface area contributed by atoms with Crippen LogP contribution in [0.25, 0.3) is 0 Å². The number of esters is 1. The molecule has 0 aromatic heterocycles. The van der Waals surface area contributed by atoms with E-state index in [1.165, 1.54) is 6.92 Å². The van der Waals surface area contributed by atoms with E-state index in [9.17, 15) is 9.59 Å². The molecule has 1 aromatic carbocycles. The summed E-state index contributed by atoms with van der Waals surface area (Å²) in [6, 6.07) is 6.54. The lowest BCUT2D eigenvalue weighted by Gasteiger charge is -2.09. The third kappa shape index (κ3) is 9.73. The Morgan fingerprint density at radius 3 is 2.24 bits per heavy atom. The molecule has 1 unspecified atom stereocenters. The molecule has 118 valence electrons. The van der Waals surface area contributed by atoms with Crippen molar-refractivity contribution in [2.45, 2.75) is 39.7 Å². The summed E-state index contributed by atoms with van der Waals surface area (Å²) in [7, 11) is 0. The smallest absolute Gasteiger partial charge is 0.344 e. The maximum absolute atomic E-state index is 10.4. The molecule has 6 heteroatoms. The lowest BCUT2D eigenvalue weighted by atomic mass is 10.3. The third-order valence-electron chi connectivity index (χ3n) is 2.23. The van der Waals surface area contributed by atoms with Gasteiger partial charge in [0.05, 0.1) is 6.61 Å². The highest BCUT2D eigenvalue weighted by Gasteiger charge is 2.11. The first kappa shape index (κ1) is 19.2. The van der Waals surface area contributed by atoms with Gasteiger partial charge in [0.2, 0.25) is 0 Å². The number of carbonyl (C=O) groups is 2. The highest BCUT2D eigenvalue weighted by molar-refractivity contribution is 6.30. The number of carboxylic acid groups (broad SMARTS) is 1. The summed E-state index contributed by atoms with van der Waals surface area (Å²) < 4.78 is 9.72. The summed E-state index contributed by atoms with van der Waals surface area (Å²) in [5, 5.41) is 9.14. The van der Waals surface area contributed by atoms with Crippen LogP contribution < -0.4 is 4.74 Å². The molecule has 0 amide bonds. The fourth-order valence-corrected chi connectivity index (χ4v) is 1.33. The Morgan fingerprint density at radius 1 is 1.24 bits per heavy atom. The highest BCUT2D eigenvalue weighted by Crippen LogP contribution is 2.16. The largest absolute Gasteiger partial charge is 0.479 e. The van der Waals surface area contributed by atoms with Crippen LogP contribution in [-0.4, -0.2) is 29.8 Å². The van der Waals surface area contributed by atoms with Gasteiger partial charge >= 0.3 is 11.9 Å². The molecule has 1 aromatic rings. The van der Waals surface area contributed by atoms with Gasteiger partial charge in [-0.3, -0.25) is 4.79 Å². The Hall–Kier alpha value is -1.75. The van der Waals surface area contributed by atoms with Crippen LogP contribution in [0.2, 0.25) is 5.02 Å². The lowest BCUT2D eigenvalue weighted by Crippen LogP contribution is -2.22. The average molecular weight is 317 g/mol. The van der Waals surface area contributed by atoms with E-state index in [1.807, 2.05) is 13.8 Å². The molecule has 0 saturated carbocycles. The van der Waals surface area contributed by atoms with Crippen LogP contribution in [0.3, 0.4) is 0 Å². The fourth-order valence-electron chi connectivity index (χ4n) is 1.20. The predicted octanol–water partition coefficient (Wildman–Crippen LogP) is 3.54. The van der Waals surface area contributed by atoms with Crippen LogP contribution in [-0.2, 0) is 14.3 Å². The van der Waals surface area contributed by atoms with Gasteiger partial charge in [0.1, 0.15) is 5.75 Å². The molecule has 0 radical (unpaired) electrons. The van der Waals surface area contributed by atoms with E-state index < -0.39 is 12.1 Å².